The number of unbranched alkanes of at least 4 members (excludes halogenated alkanes) is 1. The van der Waals surface area contributed by atoms with Gasteiger partial charge in [0.2, 0.25) is 53.2 Å². The number of primary amides is 1. The van der Waals surface area contributed by atoms with Gasteiger partial charge in [0.15, 0.2) is 0 Å². The predicted octanol–water partition coefficient (Wildman–Crippen LogP) is -2.85. The molecule has 0 unspecified atom stereocenters. The molecular formula is C48H71N11O13S. The zero-order valence-electron chi connectivity index (χ0n) is 41.5. The Morgan fingerprint density at radius 3 is 1.84 bits per heavy atom. The van der Waals surface area contributed by atoms with E-state index >= 15 is 0 Å². The Morgan fingerprint density at radius 1 is 0.685 bits per heavy atom. The molecule has 24 nitrogen and oxygen atoms in total. The molecule has 1 aliphatic rings. The second-order valence-electron chi connectivity index (χ2n) is 17.9. The summed E-state index contributed by atoms with van der Waals surface area (Å²) in [5, 5.41) is 47.2. The number of phenolic OH excluding ortho intramolecular Hbond substituents is 1. The lowest BCUT2D eigenvalue weighted by Gasteiger charge is -2.29. The molecule has 1 fully saturated rings. The number of hydrogen-bond acceptors (Lipinski definition) is 15. The fourth-order valence-electron chi connectivity index (χ4n) is 7.75. The van der Waals surface area contributed by atoms with Crippen molar-refractivity contribution in [1.82, 2.24) is 42.1 Å². The third-order valence-electron chi connectivity index (χ3n) is 11.9. The number of aromatic hydroxyl groups is 1. The molecule has 9 amide bonds. The molecule has 0 aliphatic carbocycles. The molecule has 402 valence electrons. The van der Waals surface area contributed by atoms with Crippen molar-refractivity contribution in [3.8, 4) is 5.75 Å². The van der Waals surface area contributed by atoms with E-state index in [1.807, 2.05) is 0 Å². The summed E-state index contributed by atoms with van der Waals surface area (Å²) >= 11 is 1.35. The Hall–Kier alpha value is -6.83. The van der Waals surface area contributed by atoms with Gasteiger partial charge in [-0.3, -0.25) is 43.2 Å². The van der Waals surface area contributed by atoms with Crippen LogP contribution in [-0.2, 0) is 60.8 Å². The minimum atomic E-state index is -1.75. The molecule has 1 saturated heterocycles. The maximum absolute atomic E-state index is 14.3. The van der Waals surface area contributed by atoms with Gasteiger partial charge in [-0.2, -0.15) is 11.8 Å². The molecule has 0 aromatic heterocycles. The Morgan fingerprint density at radius 2 is 1.25 bits per heavy atom. The number of amides is 9. The van der Waals surface area contributed by atoms with Crippen LogP contribution in [0.15, 0.2) is 54.6 Å². The summed E-state index contributed by atoms with van der Waals surface area (Å²) < 4.78 is 0. The topological polar surface area (TPSA) is 397 Å². The molecule has 10 atom stereocenters. The molecule has 2 aromatic carbocycles. The fourth-order valence-corrected chi connectivity index (χ4v) is 8.22. The lowest BCUT2D eigenvalue weighted by Crippen LogP contribution is -2.61. The minimum Gasteiger partial charge on any atom is -0.508 e. The van der Waals surface area contributed by atoms with Gasteiger partial charge >= 0.3 is 5.97 Å². The summed E-state index contributed by atoms with van der Waals surface area (Å²) in [6.45, 7) is 4.50. The van der Waals surface area contributed by atoms with Gasteiger partial charge in [0.25, 0.3) is 0 Å². The van der Waals surface area contributed by atoms with Gasteiger partial charge in [-0.05, 0) is 94.7 Å². The Labute approximate surface area is 427 Å². The quantitative estimate of drug-likeness (QED) is 0.0350. The second kappa shape index (κ2) is 30.3. The van der Waals surface area contributed by atoms with E-state index in [2.05, 4.69) is 37.2 Å². The Bertz CT molecular complexity index is 2220. The summed E-state index contributed by atoms with van der Waals surface area (Å²) in [6.07, 6.45) is 1.36. The van der Waals surface area contributed by atoms with Crippen molar-refractivity contribution in [2.24, 2.45) is 17.2 Å². The van der Waals surface area contributed by atoms with Gasteiger partial charge in [0.1, 0.15) is 54.1 Å². The zero-order valence-corrected chi connectivity index (χ0v) is 42.3. The molecule has 3 rings (SSSR count). The van der Waals surface area contributed by atoms with E-state index in [1.54, 1.807) is 36.6 Å². The number of benzene rings is 2. The lowest BCUT2D eigenvalue weighted by molar-refractivity contribution is -0.143. The number of thioether (sulfide) groups is 1. The van der Waals surface area contributed by atoms with E-state index in [0.29, 0.717) is 49.1 Å². The number of nitrogens with two attached hydrogens (primary N) is 3. The monoisotopic (exact) mass is 1040 g/mol. The highest BCUT2D eigenvalue weighted by Crippen LogP contribution is 2.20. The molecule has 0 bridgehead atoms. The molecular weight excluding hydrogens is 971 g/mol. The summed E-state index contributed by atoms with van der Waals surface area (Å²) in [5.41, 5.74) is 18.1. The lowest BCUT2D eigenvalue weighted by atomic mass is 10.0. The Balaban J connectivity index is 1.84. The molecule has 16 N–H and O–H groups in total. The minimum absolute atomic E-state index is 0.0600. The molecule has 1 heterocycles. The summed E-state index contributed by atoms with van der Waals surface area (Å²) in [5.74, 6) is -8.86. The van der Waals surface area contributed by atoms with Crippen LogP contribution in [0.4, 0.5) is 0 Å². The average molecular weight is 1040 g/mol. The fraction of sp³-hybridized carbons (Fsp3) is 0.542. The average Bonchev–Trinajstić information content (AvgIpc) is 3.84. The zero-order chi connectivity index (χ0) is 54.4. The van der Waals surface area contributed by atoms with Gasteiger partial charge in [0.05, 0.1) is 18.6 Å². The predicted molar refractivity (Wildman–Crippen MR) is 269 cm³/mol. The van der Waals surface area contributed by atoms with Gasteiger partial charge < -0.3 is 74.6 Å². The number of carbonyl (C=O) groups excluding carboxylic acids is 9. The number of carboxylic acids is 1. The molecule has 0 spiro atoms. The van der Waals surface area contributed by atoms with Crippen LogP contribution in [0.5, 0.6) is 5.75 Å². The van der Waals surface area contributed by atoms with E-state index in [1.165, 1.54) is 61.7 Å². The normalized spacial score (nSPS) is 16.9. The summed E-state index contributed by atoms with van der Waals surface area (Å²) in [7, 11) is 0. The number of nitrogens with zero attached hydrogens (tertiary/aromatic N) is 1. The number of aliphatic hydroxyl groups is 1. The van der Waals surface area contributed by atoms with Gasteiger partial charge in [-0.15, -0.1) is 0 Å². The molecule has 25 heteroatoms. The van der Waals surface area contributed by atoms with Crippen molar-refractivity contribution >= 4 is 70.9 Å². The number of rotatable bonds is 30. The van der Waals surface area contributed by atoms with Crippen LogP contribution in [0.1, 0.15) is 76.8 Å². The van der Waals surface area contributed by atoms with Crippen molar-refractivity contribution in [2.75, 3.05) is 25.1 Å². The van der Waals surface area contributed by atoms with Crippen LogP contribution >= 0.6 is 11.8 Å². The van der Waals surface area contributed by atoms with E-state index in [0.717, 1.165) is 0 Å². The first-order chi connectivity index (χ1) is 34.6. The number of likely N-dealkylation sites (tertiary alicyclic amines) is 1. The maximum atomic E-state index is 14.3. The standard InChI is InChI=1S/C48H71N11O13S/c1-26(40(63)58-39(28(3)60)46(69)54-33(48(71)72)19-22-73-4)52-42(65)34(23-29-11-6-5-7-12-29)55-44(67)36(25-38(51)62)56-43(66)35(24-30-15-17-31(61)18-16-30)57-45(68)37-14-10-21-59(37)47(70)27(2)53-41(64)32(50)13-8-9-20-49/h5-7,11-12,15-18,26-28,32-37,39,60-61H,8-10,13-14,19-25,49-50H2,1-4H3,(H2,51,62)(H,52,65)(H,53,64)(H,54,69)(H,55,67)(H,56,66)(H,57,68)(H,58,63)(H,71,72)/t26-,27-,28+,32-,33-,34+,35-,36-,37-,39-/m0/s1. The highest BCUT2D eigenvalue weighted by atomic mass is 32.2. The number of aliphatic hydroxyl groups excluding tert-OH is 1. The van der Waals surface area contributed by atoms with E-state index in [9.17, 15) is 63.3 Å². The van der Waals surface area contributed by atoms with Crippen LogP contribution in [0.3, 0.4) is 0 Å². The van der Waals surface area contributed by atoms with Crippen molar-refractivity contribution in [3.63, 3.8) is 0 Å². The number of aliphatic carboxylic acids is 1. The van der Waals surface area contributed by atoms with Crippen LogP contribution in [0.25, 0.3) is 0 Å². The number of carboxylic acid groups (broad SMARTS) is 1. The van der Waals surface area contributed by atoms with Crippen molar-refractivity contribution in [2.45, 2.75) is 139 Å². The SMILES string of the molecule is CSCC[C@H](NC(=O)[C@@H](NC(=O)[C@H](C)NC(=O)[C@@H](Cc1ccccc1)NC(=O)[C@H](CC(N)=O)NC(=O)[C@H](Cc1ccc(O)cc1)NC(=O)[C@@H]1CCCN1C(=O)[C@H](C)NC(=O)[C@@H](N)CCCCN)[C@@H](C)O)C(=O)O. The van der Waals surface area contributed by atoms with Gasteiger partial charge in [-0.25, -0.2) is 4.79 Å². The highest BCUT2D eigenvalue weighted by molar-refractivity contribution is 7.98. The van der Waals surface area contributed by atoms with Crippen LogP contribution < -0.4 is 54.4 Å². The molecule has 1 aliphatic heterocycles. The van der Waals surface area contributed by atoms with Crippen molar-refractivity contribution < 1.29 is 63.3 Å². The van der Waals surface area contributed by atoms with Crippen LogP contribution in [0, 0.1) is 0 Å². The number of hydrogen-bond donors (Lipinski definition) is 13. The third-order valence-corrected chi connectivity index (χ3v) is 12.5. The second-order valence-corrected chi connectivity index (χ2v) is 18.8. The Kier molecular flexibility index (Phi) is 25.1. The number of nitrogens with one attached hydrogen (secondary N) is 7. The largest absolute Gasteiger partial charge is 0.508 e. The van der Waals surface area contributed by atoms with Crippen LogP contribution in [-0.4, -0.2) is 165 Å². The first kappa shape index (κ1) is 60.5. The smallest absolute Gasteiger partial charge is 0.326 e. The molecule has 0 radical (unpaired) electrons. The summed E-state index contributed by atoms with van der Waals surface area (Å²) in [4.78, 5) is 135. The molecule has 73 heavy (non-hydrogen) atoms. The van der Waals surface area contributed by atoms with Crippen molar-refractivity contribution in [1.29, 1.82) is 0 Å². The van der Waals surface area contributed by atoms with Crippen LogP contribution in [0.2, 0.25) is 0 Å². The van der Waals surface area contributed by atoms with E-state index in [4.69, 9.17) is 17.2 Å². The first-order valence-electron chi connectivity index (χ1n) is 23.9. The van der Waals surface area contributed by atoms with E-state index < -0.39 is 126 Å². The highest BCUT2D eigenvalue weighted by Gasteiger charge is 2.39. The number of carbonyl (C=O) groups is 10. The van der Waals surface area contributed by atoms with Crippen molar-refractivity contribution in [3.05, 3.63) is 65.7 Å². The maximum Gasteiger partial charge on any atom is 0.326 e. The molecule has 2 aromatic rings. The van der Waals surface area contributed by atoms with Gasteiger partial charge in [0, 0.05) is 19.4 Å². The van der Waals surface area contributed by atoms with Gasteiger partial charge in [-0.1, -0.05) is 48.9 Å². The number of phenols is 1. The van der Waals surface area contributed by atoms with E-state index in [-0.39, 0.29) is 38.0 Å². The first-order valence-corrected chi connectivity index (χ1v) is 25.3. The summed E-state index contributed by atoms with van der Waals surface area (Å²) in [6, 6.07) is 1.91. The molecule has 0 saturated carbocycles. The third kappa shape index (κ3) is 20.0.